The molecule has 147 heavy (non-hydrogen) atoms. The molecule has 4 saturated heterocycles. The summed E-state index contributed by atoms with van der Waals surface area (Å²) in [6, 6.07) is 25.2. The number of likely N-dealkylation sites (tertiary alicyclic amines) is 1. The predicted molar refractivity (Wildman–Crippen MR) is 558 cm³/mol. The van der Waals surface area contributed by atoms with Crippen LogP contribution in [-0.2, 0) is 129 Å². The van der Waals surface area contributed by atoms with E-state index in [1.807, 2.05) is 83.8 Å². The highest BCUT2D eigenvalue weighted by Crippen LogP contribution is 2.45. The molecule has 2 N–H and O–H groups in total. The first-order chi connectivity index (χ1) is 70.7. The van der Waals surface area contributed by atoms with Gasteiger partial charge in [0, 0.05) is 173 Å². The lowest BCUT2D eigenvalue weighted by molar-refractivity contribution is -0.255. The van der Waals surface area contributed by atoms with Gasteiger partial charge in [0.1, 0.15) is 71.9 Å². The molecule has 4 aliphatic heterocycles. The quantitative estimate of drug-likeness (QED) is 0.0229. The Hall–Kier alpha value is -8.50. The molecule has 7 rings (SSSR count). The fourth-order valence-corrected chi connectivity index (χ4v) is 19.9. The number of ketones is 5. The molecule has 4 heterocycles. The van der Waals surface area contributed by atoms with Gasteiger partial charge < -0.3 is 91.3 Å². The smallest absolute Gasteiger partial charge is 0.305 e. The van der Waals surface area contributed by atoms with Gasteiger partial charge >= 0.3 is 23.9 Å². The molecule has 0 aromatic heterocycles. The maximum Gasteiger partial charge on any atom is 0.305 e. The summed E-state index contributed by atoms with van der Waals surface area (Å²) in [6.45, 7) is 27.8. The van der Waals surface area contributed by atoms with Crippen LogP contribution in [0.3, 0.4) is 0 Å². The highest BCUT2D eigenvalue weighted by atomic mass is 16.7. The van der Waals surface area contributed by atoms with Gasteiger partial charge in [0.05, 0.1) is 91.4 Å². The Morgan fingerprint density at radius 2 is 0.701 bits per heavy atom. The van der Waals surface area contributed by atoms with Crippen molar-refractivity contribution in [3.8, 4) is 11.5 Å². The summed E-state index contributed by atoms with van der Waals surface area (Å²) in [4.78, 5) is 158. The predicted octanol–water partition coefficient (Wildman–Crippen LogP) is 19.0. The number of nitrogens with zero attached hydrogens (tertiary/aromatic N) is 1. The zero-order chi connectivity index (χ0) is 107. The van der Waals surface area contributed by atoms with Crippen LogP contribution in [0.1, 0.15) is 338 Å². The van der Waals surface area contributed by atoms with Crippen LogP contribution >= 0.6 is 0 Å². The molecule has 0 aliphatic carbocycles. The number of hydrogen-bond acceptors (Lipinski definition) is 28. The van der Waals surface area contributed by atoms with Gasteiger partial charge in [-0.1, -0.05) is 175 Å². The third kappa shape index (κ3) is 45.9. The lowest BCUT2D eigenvalue weighted by atomic mass is 9.79. The number of nitrogens with one attached hydrogen (secondary N) is 2. The zero-order valence-corrected chi connectivity index (χ0v) is 91.5. The molecular formula is C116H181N3O28. The number of unbranched alkanes of at least 4 members (excludes halogenated alkanes) is 14. The molecule has 17 atom stereocenters. The average molecular weight is 2070 g/mol. The van der Waals surface area contributed by atoms with Crippen LogP contribution in [0.25, 0.3) is 0 Å². The Bertz CT molecular complexity index is 4050. The third-order valence-corrected chi connectivity index (χ3v) is 30.3. The number of methoxy groups -OCH3 is 2. The molecular weight excluding hydrogens is 1880 g/mol. The van der Waals surface area contributed by atoms with Crippen molar-refractivity contribution >= 4 is 70.5 Å². The lowest BCUT2D eigenvalue weighted by Gasteiger charge is -2.43. The first-order valence-corrected chi connectivity index (χ1v) is 55.2. The number of esters is 4. The fourth-order valence-electron chi connectivity index (χ4n) is 19.9. The van der Waals surface area contributed by atoms with Gasteiger partial charge in [-0.3, -0.25) is 57.5 Å². The molecule has 3 amide bonds. The second kappa shape index (κ2) is 69.9. The summed E-state index contributed by atoms with van der Waals surface area (Å²) < 4.78 is 96.5. The summed E-state index contributed by atoms with van der Waals surface area (Å²) in [5.41, 5.74) is 0.373. The van der Waals surface area contributed by atoms with E-state index in [0.717, 1.165) is 55.2 Å². The Kier molecular flexibility index (Phi) is 59.6. The molecule has 0 radical (unpaired) electrons. The van der Waals surface area contributed by atoms with Crippen LogP contribution in [0, 0.1) is 58.7 Å². The van der Waals surface area contributed by atoms with Crippen molar-refractivity contribution in [1.29, 1.82) is 0 Å². The number of carbonyl (C=O) groups excluding carboxylic acids is 12. The van der Waals surface area contributed by atoms with Crippen molar-refractivity contribution in [1.82, 2.24) is 15.5 Å². The molecule has 31 nitrogen and oxygen atoms in total. The van der Waals surface area contributed by atoms with Crippen LogP contribution in [0.5, 0.6) is 11.5 Å². The summed E-state index contributed by atoms with van der Waals surface area (Å²) in [5.74, 6) is 1.68. The molecule has 0 spiro atoms. The van der Waals surface area contributed by atoms with Crippen molar-refractivity contribution in [2.24, 2.45) is 58.7 Å². The van der Waals surface area contributed by atoms with E-state index >= 15 is 0 Å². The van der Waals surface area contributed by atoms with Crippen molar-refractivity contribution in [3.63, 3.8) is 0 Å². The van der Waals surface area contributed by atoms with Gasteiger partial charge in [-0.15, -0.1) is 0 Å². The number of carbonyl (C=O) groups is 12. The van der Waals surface area contributed by atoms with Gasteiger partial charge in [0.25, 0.3) is 0 Å². The Labute approximate surface area is 876 Å². The highest BCUT2D eigenvalue weighted by Gasteiger charge is 2.46. The molecule has 4 fully saturated rings. The van der Waals surface area contributed by atoms with E-state index in [0.29, 0.717) is 210 Å². The van der Waals surface area contributed by atoms with E-state index in [-0.39, 0.29) is 241 Å². The summed E-state index contributed by atoms with van der Waals surface area (Å²) in [6.07, 6.45) is 16.4. The Balaban J connectivity index is 0.918. The molecule has 0 saturated carbocycles. The molecule has 828 valence electrons. The van der Waals surface area contributed by atoms with E-state index in [1.54, 1.807) is 21.1 Å². The van der Waals surface area contributed by atoms with Crippen LogP contribution in [0.15, 0.2) is 78.9 Å². The Morgan fingerprint density at radius 1 is 0.361 bits per heavy atom. The molecule has 3 aromatic rings. The molecule has 0 bridgehead atoms. The number of Topliss-reactive ketones (excluding diaryl/α,β-unsaturated/α-hetero) is 5. The minimum Gasteiger partial charge on any atom is -0.497 e. The lowest BCUT2D eigenvalue weighted by Crippen LogP contribution is -2.47. The fraction of sp³-hybridized carbons (Fsp3) is 0.741. The molecule has 31 heteroatoms. The van der Waals surface area contributed by atoms with Crippen LogP contribution in [0.4, 0.5) is 0 Å². The maximum absolute atomic E-state index is 14.5. The third-order valence-electron chi connectivity index (χ3n) is 30.3. The van der Waals surface area contributed by atoms with Crippen molar-refractivity contribution < 1.29 is 133 Å². The average Bonchev–Trinajstić information content (AvgIpc) is 1.64. The van der Waals surface area contributed by atoms with Gasteiger partial charge in [-0.2, -0.15) is 0 Å². The number of rotatable bonds is 78. The van der Waals surface area contributed by atoms with Gasteiger partial charge in [0.2, 0.25) is 17.7 Å². The standard InChI is InChI=1S/C116H181N3O28/c1-16-111(131)144-104-71-96(74-143-116(93-41-26-23-27-42-93,94-52-56-102(132-14)57-53-94)95-54-58-103(133-15)59-55-95)119(73-104)110(130)51-33-22-20-18-17-19-21-28-49-101(127)72-115(78-134-68-60-99(125)45-31-24-29-43-97(123)47-34-37-65-137-112-87(8)81(2)84(5)105(145-112)75-140-90(11)120,79-135-69-61-100(126)46-32-25-30-44-98(124)48-35-38-66-138-113-88(9)82(3)85(6)106(146-113)76-141-91(12)121)80-136-70-62-109(129)118-64-40-63-117-108(128)50-36-39-67-139-114-89(10)83(4)86(7)107(147-114)77-142-92(13)122/h23,26-27,41-42,52-59,81-89,96,104-107,112-114H,16-22,24-25,28-40,43-51,60-80H2,1-15H3,(H,117,128)(H,118,129)/t81?,82?,83?,84?,85?,86?,87?,88?,89?,96-,104+,105?,106?,107?,112?,113?,114?,115?/m0/s1. The number of hydrogen-bond donors (Lipinski definition) is 2. The van der Waals surface area contributed by atoms with E-state index in [1.165, 1.54) is 20.8 Å². The van der Waals surface area contributed by atoms with Crippen LogP contribution in [-0.4, -0.2) is 244 Å². The number of ether oxygens (including phenoxy) is 16. The zero-order valence-electron chi connectivity index (χ0n) is 91.5. The second-order valence-electron chi connectivity index (χ2n) is 41.7. The second-order valence-corrected chi connectivity index (χ2v) is 41.7. The molecule has 3 aromatic carbocycles. The molecule has 15 unspecified atom stereocenters. The van der Waals surface area contributed by atoms with Crippen molar-refractivity contribution in [3.05, 3.63) is 95.6 Å². The van der Waals surface area contributed by atoms with E-state index in [9.17, 15) is 57.5 Å². The Morgan fingerprint density at radius 3 is 1.09 bits per heavy atom. The van der Waals surface area contributed by atoms with E-state index in [4.69, 9.17) is 75.8 Å². The van der Waals surface area contributed by atoms with E-state index in [2.05, 4.69) is 72.9 Å². The molecule has 4 aliphatic rings. The van der Waals surface area contributed by atoms with Gasteiger partial charge in [0.15, 0.2) is 18.9 Å². The largest absolute Gasteiger partial charge is 0.497 e. The van der Waals surface area contributed by atoms with Crippen molar-refractivity contribution in [2.45, 2.75) is 376 Å². The van der Waals surface area contributed by atoms with Crippen molar-refractivity contribution in [2.75, 3.05) is 120 Å². The highest BCUT2D eigenvalue weighted by molar-refractivity contribution is 5.81. The minimum atomic E-state index is -1.13. The number of benzene rings is 3. The maximum atomic E-state index is 14.5. The van der Waals surface area contributed by atoms with Crippen LogP contribution in [0.2, 0.25) is 0 Å². The monoisotopic (exact) mass is 2060 g/mol. The van der Waals surface area contributed by atoms with E-state index < -0.39 is 42.0 Å². The topological polar surface area (TPSA) is 380 Å². The first kappa shape index (κ1) is 125. The summed E-state index contributed by atoms with van der Waals surface area (Å²) in [7, 11) is 3.25. The first-order valence-electron chi connectivity index (χ1n) is 55.2. The minimum absolute atomic E-state index is 0.00370. The van der Waals surface area contributed by atoms with Gasteiger partial charge in [-0.25, -0.2) is 0 Å². The van der Waals surface area contributed by atoms with Gasteiger partial charge in [-0.05, 0) is 160 Å². The SMILES string of the molecule is CCC(=O)O[C@@H]1C[C@@H](COC(c2ccccc2)(c2ccc(OC)cc2)c2ccc(OC)cc2)N(C(=O)CCCCCCCCCCC(=O)CC(COCCC(=O)CCCCCC(=O)CCCCOC2OC(COC(C)=O)C(C)C(C)C2C)(COCCC(=O)CCCCCC(=O)CCCCOC2OC(COC(C)=O)C(C)C(C)C2C)COCCC(=O)NCCCNC(=O)CCCCOC2OC(COC(C)=O)C(C)C(C)C2C)C1. The number of amides is 3. The normalized spacial score (nSPS) is 22.9. The summed E-state index contributed by atoms with van der Waals surface area (Å²) in [5, 5.41) is 5.87. The summed E-state index contributed by atoms with van der Waals surface area (Å²) >= 11 is 0. The van der Waals surface area contributed by atoms with Crippen LogP contribution < -0.4 is 20.1 Å².